The van der Waals surface area contributed by atoms with Gasteiger partial charge in [0.05, 0.1) is 6.00 Å². The molecular formula is C9H11BrClN. The number of nitrogens with one attached hydrogen (secondary N) is 1. The van der Waals surface area contributed by atoms with Crippen molar-refractivity contribution in [2.24, 2.45) is 0 Å². The maximum atomic E-state index is 5.47. The molecule has 0 atom stereocenters. The van der Waals surface area contributed by atoms with Crippen LogP contribution < -0.4 is 5.32 Å². The van der Waals surface area contributed by atoms with Crippen LogP contribution in [0.2, 0.25) is 0 Å². The van der Waals surface area contributed by atoms with Crippen molar-refractivity contribution in [2.75, 3.05) is 12.5 Å². The lowest BCUT2D eigenvalue weighted by atomic mass is 10.1. The molecule has 0 aliphatic rings. The highest BCUT2D eigenvalue weighted by Gasteiger charge is 1.91. The third kappa shape index (κ3) is 3.57. The molecule has 0 aliphatic heterocycles. The molecule has 0 amide bonds. The molecule has 0 aliphatic carbocycles. The Hall–Kier alpha value is -0.0500. The van der Waals surface area contributed by atoms with E-state index in [9.17, 15) is 0 Å². The summed E-state index contributed by atoms with van der Waals surface area (Å²) >= 11 is 8.86. The summed E-state index contributed by atoms with van der Waals surface area (Å²) in [5.41, 5.74) is 1.33. The van der Waals surface area contributed by atoms with E-state index in [0.717, 1.165) is 17.4 Å². The smallest absolute Gasteiger partial charge is 0.0713 e. The quantitative estimate of drug-likeness (QED) is 0.491. The minimum Gasteiger partial charge on any atom is -0.304 e. The minimum atomic E-state index is 0.524. The average Bonchev–Trinajstić information content (AvgIpc) is 2.09. The number of benzene rings is 1. The highest BCUT2D eigenvalue weighted by atomic mass is 79.9. The van der Waals surface area contributed by atoms with Crippen LogP contribution in [0.5, 0.6) is 0 Å². The van der Waals surface area contributed by atoms with Crippen molar-refractivity contribution in [3.05, 3.63) is 34.3 Å². The Balaban J connectivity index is 2.37. The zero-order valence-corrected chi connectivity index (χ0v) is 9.03. The molecule has 0 saturated carbocycles. The molecule has 0 aromatic heterocycles. The van der Waals surface area contributed by atoms with Crippen LogP contribution in [0.15, 0.2) is 28.7 Å². The van der Waals surface area contributed by atoms with Crippen LogP contribution in [-0.2, 0) is 6.42 Å². The second-order valence-electron chi connectivity index (χ2n) is 2.51. The summed E-state index contributed by atoms with van der Waals surface area (Å²) in [4.78, 5) is 0. The molecule has 0 saturated heterocycles. The third-order valence-corrected chi connectivity index (χ3v) is 2.32. The molecule has 1 nitrogen and oxygen atoms in total. The van der Waals surface area contributed by atoms with Gasteiger partial charge < -0.3 is 5.32 Å². The lowest BCUT2D eigenvalue weighted by molar-refractivity contribution is 0.770. The van der Waals surface area contributed by atoms with Gasteiger partial charge in [-0.25, -0.2) is 0 Å². The van der Waals surface area contributed by atoms with Crippen molar-refractivity contribution in [3.8, 4) is 0 Å². The summed E-state index contributed by atoms with van der Waals surface area (Å²) in [6.07, 6.45) is 1.03. The van der Waals surface area contributed by atoms with E-state index in [4.69, 9.17) is 11.6 Å². The summed E-state index contributed by atoms with van der Waals surface area (Å²) in [5.74, 6) is 0. The topological polar surface area (TPSA) is 12.0 Å². The number of rotatable bonds is 4. The largest absolute Gasteiger partial charge is 0.304 e. The third-order valence-electron chi connectivity index (χ3n) is 1.60. The first-order valence-electron chi connectivity index (χ1n) is 3.84. The monoisotopic (exact) mass is 247 g/mol. The standard InChI is InChI=1S/C9H11BrClN/c10-9-3-1-8(2-4-9)5-6-12-7-11/h1-4,12H,5-7H2. The fourth-order valence-corrected chi connectivity index (χ4v) is 1.35. The average molecular weight is 249 g/mol. The zero-order chi connectivity index (χ0) is 8.81. The molecule has 3 heteroatoms. The predicted octanol–water partition coefficient (Wildman–Crippen LogP) is 2.78. The number of hydrogen-bond acceptors (Lipinski definition) is 1. The van der Waals surface area contributed by atoms with Crippen molar-refractivity contribution in [1.29, 1.82) is 0 Å². The Labute approximate surface area is 86.2 Å². The van der Waals surface area contributed by atoms with E-state index in [1.807, 2.05) is 0 Å². The van der Waals surface area contributed by atoms with Gasteiger partial charge in [-0.05, 0) is 24.1 Å². The van der Waals surface area contributed by atoms with Gasteiger partial charge in [0, 0.05) is 11.0 Å². The van der Waals surface area contributed by atoms with Gasteiger partial charge >= 0.3 is 0 Å². The van der Waals surface area contributed by atoms with Gasteiger partial charge in [-0.3, -0.25) is 0 Å². The summed E-state index contributed by atoms with van der Waals surface area (Å²) in [7, 11) is 0. The van der Waals surface area contributed by atoms with Crippen molar-refractivity contribution in [2.45, 2.75) is 6.42 Å². The van der Waals surface area contributed by atoms with Gasteiger partial charge in [0.25, 0.3) is 0 Å². The maximum Gasteiger partial charge on any atom is 0.0713 e. The highest BCUT2D eigenvalue weighted by Crippen LogP contribution is 2.10. The maximum absolute atomic E-state index is 5.47. The fourth-order valence-electron chi connectivity index (χ4n) is 0.951. The van der Waals surface area contributed by atoms with Crippen LogP contribution in [0.1, 0.15) is 5.56 Å². The van der Waals surface area contributed by atoms with Crippen molar-refractivity contribution < 1.29 is 0 Å². The van der Waals surface area contributed by atoms with Crippen LogP contribution in [-0.4, -0.2) is 12.5 Å². The molecule has 1 N–H and O–H groups in total. The number of alkyl halides is 1. The van der Waals surface area contributed by atoms with Gasteiger partial charge in [-0.15, -0.1) is 11.6 Å². The Morgan fingerprint density at radius 2 is 1.92 bits per heavy atom. The molecular weight excluding hydrogens is 237 g/mol. The summed E-state index contributed by atoms with van der Waals surface area (Å²) in [6, 6.07) is 8.85. The minimum absolute atomic E-state index is 0.524. The lowest BCUT2D eigenvalue weighted by Crippen LogP contribution is -2.14. The highest BCUT2D eigenvalue weighted by molar-refractivity contribution is 9.10. The molecule has 0 bridgehead atoms. The van der Waals surface area contributed by atoms with Crippen LogP contribution in [0.25, 0.3) is 0 Å². The second kappa shape index (κ2) is 5.57. The van der Waals surface area contributed by atoms with Gasteiger partial charge in [0.1, 0.15) is 0 Å². The first kappa shape index (κ1) is 10.0. The molecule has 1 rings (SSSR count). The predicted molar refractivity (Wildman–Crippen MR) is 56.6 cm³/mol. The van der Waals surface area contributed by atoms with Crippen LogP contribution in [0.3, 0.4) is 0 Å². The van der Waals surface area contributed by atoms with Crippen LogP contribution in [0, 0.1) is 0 Å². The van der Waals surface area contributed by atoms with E-state index in [0.29, 0.717) is 6.00 Å². The van der Waals surface area contributed by atoms with E-state index in [-0.39, 0.29) is 0 Å². The zero-order valence-electron chi connectivity index (χ0n) is 6.69. The second-order valence-corrected chi connectivity index (χ2v) is 3.69. The Bertz CT molecular complexity index is 222. The number of hydrogen-bond donors (Lipinski definition) is 1. The van der Waals surface area contributed by atoms with Gasteiger partial charge in [-0.1, -0.05) is 28.1 Å². The molecule has 12 heavy (non-hydrogen) atoms. The van der Waals surface area contributed by atoms with E-state index in [2.05, 4.69) is 45.5 Å². The number of halogens is 2. The summed E-state index contributed by atoms with van der Waals surface area (Å²) in [5, 5.41) is 3.07. The van der Waals surface area contributed by atoms with E-state index in [1.54, 1.807) is 0 Å². The van der Waals surface area contributed by atoms with Crippen LogP contribution >= 0.6 is 27.5 Å². The molecule has 0 heterocycles. The van der Waals surface area contributed by atoms with Crippen molar-refractivity contribution in [3.63, 3.8) is 0 Å². The lowest BCUT2D eigenvalue weighted by Gasteiger charge is -2.00. The van der Waals surface area contributed by atoms with Crippen molar-refractivity contribution in [1.82, 2.24) is 5.32 Å². The summed E-state index contributed by atoms with van der Waals surface area (Å²) < 4.78 is 1.12. The van der Waals surface area contributed by atoms with Gasteiger partial charge in [0.2, 0.25) is 0 Å². The molecule has 1 aromatic carbocycles. The van der Waals surface area contributed by atoms with Gasteiger partial charge in [-0.2, -0.15) is 0 Å². The van der Waals surface area contributed by atoms with E-state index < -0.39 is 0 Å². The normalized spacial score (nSPS) is 10.2. The first-order valence-corrected chi connectivity index (χ1v) is 5.17. The SMILES string of the molecule is ClCNCCc1ccc(Br)cc1. The summed E-state index contributed by atoms with van der Waals surface area (Å²) in [6.45, 7) is 0.936. The van der Waals surface area contributed by atoms with Crippen LogP contribution in [0.4, 0.5) is 0 Å². The molecule has 0 unspecified atom stereocenters. The molecule has 0 radical (unpaired) electrons. The van der Waals surface area contributed by atoms with Crippen molar-refractivity contribution >= 4 is 27.5 Å². The molecule has 0 spiro atoms. The Kier molecular flexibility index (Phi) is 4.66. The molecule has 0 fully saturated rings. The first-order chi connectivity index (χ1) is 5.83. The van der Waals surface area contributed by atoms with E-state index >= 15 is 0 Å². The van der Waals surface area contributed by atoms with E-state index in [1.165, 1.54) is 5.56 Å². The Morgan fingerprint density at radius 3 is 2.50 bits per heavy atom. The fraction of sp³-hybridized carbons (Fsp3) is 0.333. The van der Waals surface area contributed by atoms with Gasteiger partial charge in [0.15, 0.2) is 0 Å². The molecule has 66 valence electrons. The molecule has 1 aromatic rings. The Morgan fingerprint density at radius 1 is 1.25 bits per heavy atom.